The van der Waals surface area contributed by atoms with Crippen molar-refractivity contribution in [2.24, 2.45) is 0 Å². The van der Waals surface area contributed by atoms with Gasteiger partial charge < -0.3 is 9.47 Å². The quantitative estimate of drug-likeness (QED) is 0.249. The fourth-order valence-corrected chi connectivity index (χ4v) is 2.82. The summed E-state index contributed by atoms with van der Waals surface area (Å²) in [6.45, 7) is 3.95. The zero-order valence-electron chi connectivity index (χ0n) is 16.6. The second-order valence-corrected chi connectivity index (χ2v) is 6.66. The number of esters is 1. The van der Waals surface area contributed by atoms with Crippen LogP contribution in [0.1, 0.15) is 32.6 Å². The van der Waals surface area contributed by atoms with Crippen LogP contribution in [0.5, 0.6) is 11.5 Å². The SMILES string of the molecule is COc1ccc(/C(C#N)=C\c2cccc(OC(=O)c3ccc(C)c(C)c3)c2)cc1. The lowest BCUT2D eigenvalue weighted by atomic mass is 10.0. The molecular formula is C25H21NO3. The van der Waals surface area contributed by atoms with Gasteiger partial charge in [-0.25, -0.2) is 4.79 Å². The molecule has 3 aromatic rings. The second-order valence-electron chi connectivity index (χ2n) is 6.66. The minimum atomic E-state index is -0.412. The molecule has 29 heavy (non-hydrogen) atoms. The lowest BCUT2D eigenvalue weighted by Gasteiger charge is -2.07. The summed E-state index contributed by atoms with van der Waals surface area (Å²) >= 11 is 0. The molecule has 0 saturated carbocycles. The molecule has 0 N–H and O–H groups in total. The molecule has 0 radical (unpaired) electrons. The van der Waals surface area contributed by atoms with Gasteiger partial charge in [-0.2, -0.15) is 5.26 Å². The lowest BCUT2D eigenvalue weighted by molar-refractivity contribution is 0.0734. The molecule has 0 aliphatic carbocycles. The average molecular weight is 383 g/mol. The Morgan fingerprint density at radius 2 is 1.62 bits per heavy atom. The van der Waals surface area contributed by atoms with Gasteiger partial charge in [0.2, 0.25) is 0 Å². The largest absolute Gasteiger partial charge is 0.497 e. The van der Waals surface area contributed by atoms with E-state index in [9.17, 15) is 10.1 Å². The predicted octanol–water partition coefficient (Wildman–Crippen LogP) is 5.60. The van der Waals surface area contributed by atoms with Crippen LogP contribution in [0, 0.1) is 25.2 Å². The first-order chi connectivity index (χ1) is 14.0. The molecule has 0 aliphatic heterocycles. The van der Waals surface area contributed by atoms with E-state index in [1.165, 1.54) is 0 Å². The maximum atomic E-state index is 12.4. The average Bonchev–Trinajstić information content (AvgIpc) is 2.74. The maximum Gasteiger partial charge on any atom is 0.343 e. The number of hydrogen-bond donors (Lipinski definition) is 0. The number of benzene rings is 3. The Kier molecular flexibility index (Phi) is 6.11. The number of carbonyl (C=O) groups is 1. The van der Waals surface area contributed by atoms with Gasteiger partial charge in [0.05, 0.1) is 24.3 Å². The highest BCUT2D eigenvalue weighted by Crippen LogP contribution is 2.23. The van der Waals surface area contributed by atoms with Gasteiger partial charge in [-0.1, -0.05) is 18.2 Å². The van der Waals surface area contributed by atoms with E-state index in [2.05, 4.69) is 6.07 Å². The molecule has 0 amide bonds. The van der Waals surface area contributed by atoms with E-state index >= 15 is 0 Å². The number of allylic oxidation sites excluding steroid dienone is 1. The Bertz CT molecular complexity index is 1110. The zero-order valence-corrected chi connectivity index (χ0v) is 16.6. The van der Waals surface area contributed by atoms with Crippen LogP contribution in [-0.4, -0.2) is 13.1 Å². The molecule has 0 aliphatic rings. The number of ether oxygens (including phenoxy) is 2. The smallest absolute Gasteiger partial charge is 0.343 e. The predicted molar refractivity (Wildman–Crippen MR) is 114 cm³/mol. The van der Waals surface area contributed by atoms with Crippen molar-refractivity contribution >= 4 is 17.6 Å². The summed E-state index contributed by atoms with van der Waals surface area (Å²) in [5.41, 5.74) is 4.72. The zero-order chi connectivity index (χ0) is 20.8. The summed E-state index contributed by atoms with van der Waals surface area (Å²) in [6.07, 6.45) is 1.76. The van der Waals surface area contributed by atoms with Crippen LogP contribution in [0.2, 0.25) is 0 Å². The molecule has 0 fully saturated rings. The van der Waals surface area contributed by atoms with Crippen molar-refractivity contribution in [2.45, 2.75) is 13.8 Å². The molecule has 0 spiro atoms. The van der Waals surface area contributed by atoms with Crippen molar-refractivity contribution in [3.63, 3.8) is 0 Å². The van der Waals surface area contributed by atoms with E-state index in [0.717, 1.165) is 28.0 Å². The van der Waals surface area contributed by atoms with Gasteiger partial charge in [-0.3, -0.25) is 0 Å². The molecule has 0 saturated heterocycles. The van der Waals surface area contributed by atoms with Gasteiger partial charge in [0, 0.05) is 0 Å². The maximum absolute atomic E-state index is 12.4. The fraction of sp³-hybridized carbons (Fsp3) is 0.120. The summed E-state index contributed by atoms with van der Waals surface area (Å²) in [4.78, 5) is 12.4. The van der Waals surface area contributed by atoms with Crippen LogP contribution in [0.15, 0.2) is 66.7 Å². The minimum absolute atomic E-state index is 0.412. The van der Waals surface area contributed by atoms with Crippen molar-refractivity contribution < 1.29 is 14.3 Å². The molecule has 0 aromatic heterocycles. The van der Waals surface area contributed by atoms with Crippen LogP contribution in [0.25, 0.3) is 11.6 Å². The second kappa shape index (κ2) is 8.90. The number of carbonyl (C=O) groups excluding carboxylic acids is 1. The first-order valence-corrected chi connectivity index (χ1v) is 9.16. The standard InChI is InChI=1S/C25H21NO3/c1-17-7-8-21(13-18(17)2)25(27)29-24-6-4-5-19(15-24)14-22(16-26)20-9-11-23(28-3)12-10-20/h4-15H,1-3H3/b22-14-. The number of nitriles is 1. The fourth-order valence-electron chi connectivity index (χ4n) is 2.82. The summed E-state index contributed by atoms with van der Waals surface area (Å²) < 4.78 is 10.7. The van der Waals surface area contributed by atoms with Crippen LogP contribution < -0.4 is 9.47 Å². The topological polar surface area (TPSA) is 59.3 Å². The van der Waals surface area contributed by atoms with Gasteiger partial charge in [-0.05, 0) is 90.7 Å². The summed E-state index contributed by atoms with van der Waals surface area (Å²) in [5, 5.41) is 9.54. The van der Waals surface area contributed by atoms with E-state index in [-0.39, 0.29) is 0 Å². The molecule has 0 unspecified atom stereocenters. The van der Waals surface area contributed by atoms with Crippen LogP contribution in [0.4, 0.5) is 0 Å². The minimum Gasteiger partial charge on any atom is -0.497 e. The van der Waals surface area contributed by atoms with Crippen molar-refractivity contribution in [1.29, 1.82) is 5.26 Å². The first kappa shape index (κ1) is 19.9. The number of methoxy groups -OCH3 is 1. The van der Waals surface area contributed by atoms with Crippen molar-refractivity contribution in [3.8, 4) is 17.6 Å². The van der Waals surface area contributed by atoms with Gasteiger partial charge in [0.15, 0.2) is 0 Å². The van der Waals surface area contributed by atoms with Gasteiger partial charge in [-0.15, -0.1) is 0 Å². The lowest BCUT2D eigenvalue weighted by Crippen LogP contribution is -2.09. The highest BCUT2D eigenvalue weighted by molar-refractivity contribution is 5.92. The number of rotatable bonds is 5. The number of aryl methyl sites for hydroxylation is 2. The van der Waals surface area contributed by atoms with Gasteiger partial charge in [0.1, 0.15) is 11.5 Å². The van der Waals surface area contributed by atoms with Crippen LogP contribution in [0.3, 0.4) is 0 Å². The molecule has 3 rings (SSSR count). The summed E-state index contributed by atoms with van der Waals surface area (Å²) in [5.74, 6) is 0.741. The van der Waals surface area contributed by atoms with E-state index in [0.29, 0.717) is 16.9 Å². The number of hydrogen-bond acceptors (Lipinski definition) is 4. The van der Waals surface area contributed by atoms with Crippen LogP contribution in [-0.2, 0) is 0 Å². The van der Waals surface area contributed by atoms with E-state index < -0.39 is 5.97 Å². The third-order valence-corrected chi connectivity index (χ3v) is 4.64. The molecular weight excluding hydrogens is 362 g/mol. The Balaban J connectivity index is 1.82. The third-order valence-electron chi connectivity index (χ3n) is 4.64. The Morgan fingerprint density at radius 3 is 2.28 bits per heavy atom. The van der Waals surface area contributed by atoms with E-state index in [4.69, 9.17) is 9.47 Å². The molecule has 0 atom stereocenters. The number of nitrogens with zero attached hydrogens (tertiary/aromatic N) is 1. The Labute approximate surface area is 170 Å². The first-order valence-electron chi connectivity index (χ1n) is 9.16. The van der Waals surface area contributed by atoms with Gasteiger partial charge >= 0.3 is 5.97 Å². The van der Waals surface area contributed by atoms with E-state index in [1.807, 2.05) is 56.3 Å². The van der Waals surface area contributed by atoms with Crippen molar-refractivity contribution in [3.05, 3.63) is 94.5 Å². The van der Waals surface area contributed by atoms with E-state index in [1.54, 1.807) is 37.5 Å². The Hall–Kier alpha value is -3.84. The molecule has 4 heteroatoms. The van der Waals surface area contributed by atoms with Gasteiger partial charge in [0.25, 0.3) is 0 Å². The molecule has 144 valence electrons. The third kappa shape index (κ3) is 4.91. The molecule has 0 heterocycles. The monoisotopic (exact) mass is 383 g/mol. The van der Waals surface area contributed by atoms with Crippen molar-refractivity contribution in [1.82, 2.24) is 0 Å². The highest BCUT2D eigenvalue weighted by atomic mass is 16.5. The highest BCUT2D eigenvalue weighted by Gasteiger charge is 2.10. The molecule has 4 nitrogen and oxygen atoms in total. The van der Waals surface area contributed by atoms with Crippen molar-refractivity contribution in [2.75, 3.05) is 7.11 Å². The summed E-state index contributed by atoms with van der Waals surface area (Å²) in [7, 11) is 1.60. The normalized spacial score (nSPS) is 10.9. The summed E-state index contributed by atoms with van der Waals surface area (Å²) in [6, 6.07) is 22.1. The Morgan fingerprint density at radius 1 is 0.897 bits per heavy atom. The molecule has 3 aromatic carbocycles. The molecule has 0 bridgehead atoms. The van der Waals surface area contributed by atoms with Crippen LogP contribution >= 0.6 is 0 Å².